The molecular weight excluding hydrogens is 234 g/mol. The second kappa shape index (κ2) is 4.76. The highest BCUT2D eigenvalue weighted by Gasteiger charge is 2.22. The Morgan fingerprint density at radius 1 is 1.60 bits per heavy atom. The van der Waals surface area contributed by atoms with E-state index in [-0.39, 0.29) is 0 Å². The van der Waals surface area contributed by atoms with Crippen molar-refractivity contribution in [3.8, 4) is 0 Å². The number of carbonyl (C=O) groups excluding carboxylic acids is 1. The molecular formula is C9H13NO3S2. The molecule has 0 saturated carbocycles. The summed E-state index contributed by atoms with van der Waals surface area (Å²) in [5, 5.41) is 3.50. The Kier molecular flexibility index (Phi) is 3.87. The average molecular weight is 247 g/mol. The fourth-order valence-corrected chi connectivity index (χ4v) is 2.04. The van der Waals surface area contributed by atoms with Gasteiger partial charge in [-0.25, -0.2) is 8.42 Å². The summed E-state index contributed by atoms with van der Waals surface area (Å²) < 4.78 is 22.2. The first-order valence-electron chi connectivity index (χ1n) is 4.40. The van der Waals surface area contributed by atoms with Crippen molar-refractivity contribution in [2.24, 2.45) is 0 Å². The zero-order valence-corrected chi connectivity index (χ0v) is 10.2. The van der Waals surface area contributed by atoms with Gasteiger partial charge in [-0.05, 0) is 18.4 Å². The minimum absolute atomic E-state index is 0.385. The van der Waals surface area contributed by atoms with Gasteiger partial charge in [-0.15, -0.1) is 11.3 Å². The van der Waals surface area contributed by atoms with Crippen LogP contribution in [-0.4, -0.2) is 25.8 Å². The van der Waals surface area contributed by atoms with Crippen LogP contribution < -0.4 is 5.32 Å². The van der Waals surface area contributed by atoms with Crippen LogP contribution in [0.5, 0.6) is 0 Å². The van der Waals surface area contributed by atoms with Gasteiger partial charge < -0.3 is 5.32 Å². The molecule has 0 aliphatic rings. The molecule has 4 nitrogen and oxygen atoms in total. The molecule has 0 spiro atoms. The molecule has 0 fully saturated rings. The lowest BCUT2D eigenvalue weighted by Crippen LogP contribution is -2.36. The van der Waals surface area contributed by atoms with E-state index in [1.54, 1.807) is 0 Å². The van der Waals surface area contributed by atoms with Crippen molar-refractivity contribution < 1.29 is 13.2 Å². The van der Waals surface area contributed by atoms with Gasteiger partial charge in [0.15, 0.2) is 9.84 Å². The van der Waals surface area contributed by atoms with E-state index in [2.05, 4.69) is 5.32 Å². The van der Waals surface area contributed by atoms with E-state index in [1.807, 2.05) is 17.5 Å². The first kappa shape index (κ1) is 12.2. The summed E-state index contributed by atoms with van der Waals surface area (Å²) in [4.78, 5) is 12.4. The SMILES string of the molecule is C[C@@H](C(=O)NCc1cccs1)S(C)(=O)=O. The van der Waals surface area contributed by atoms with Crippen molar-refractivity contribution in [2.45, 2.75) is 18.7 Å². The third-order valence-electron chi connectivity index (χ3n) is 2.03. The number of rotatable bonds is 4. The predicted octanol–water partition coefficient (Wildman–Crippen LogP) is 0.797. The first-order valence-corrected chi connectivity index (χ1v) is 7.23. The van der Waals surface area contributed by atoms with E-state index in [0.29, 0.717) is 6.54 Å². The topological polar surface area (TPSA) is 63.2 Å². The standard InChI is InChI=1S/C9H13NO3S2/c1-7(15(2,12)13)9(11)10-6-8-4-3-5-14-8/h3-5,7H,6H2,1-2H3,(H,10,11)/t7-/m0/s1. The number of nitrogens with one attached hydrogen (secondary N) is 1. The van der Waals surface area contributed by atoms with Crippen molar-refractivity contribution in [1.82, 2.24) is 5.32 Å². The van der Waals surface area contributed by atoms with E-state index in [4.69, 9.17) is 0 Å². The molecule has 1 atom stereocenters. The van der Waals surface area contributed by atoms with Crippen LogP contribution in [-0.2, 0) is 21.2 Å². The number of carbonyl (C=O) groups is 1. The molecule has 1 aromatic rings. The Hall–Kier alpha value is -0.880. The maximum atomic E-state index is 11.4. The Morgan fingerprint density at radius 3 is 2.73 bits per heavy atom. The molecule has 1 amide bonds. The second-order valence-electron chi connectivity index (χ2n) is 3.27. The van der Waals surface area contributed by atoms with Gasteiger partial charge in [0.05, 0.1) is 6.54 Å². The predicted molar refractivity (Wildman–Crippen MR) is 60.5 cm³/mol. The van der Waals surface area contributed by atoms with Crippen LogP contribution in [0.3, 0.4) is 0 Å². The number of hydrogen-bond acceptors (Lipinski definition) is 4. The summed E-state index contributed by atoms with van der Waals surface area (Å²) >= 11 is 1.52. The van der Waals surface area contributed by atoms with Crippen LogP contribution in [0.1, 0.15) is 11.8 Å². The molecule has 1 aromatic heterocycles. The molecule has 84 valence electrons. The lowest BCUT2D eigenvalue weighted by Gasteiger charge is -2.09. The Morgan fingerprint density at radius 2 is 2.27 bits per heavy atom. The Balaban J connectivity index is 2.50. The maximum absolute atomic E-state index is 11.4. The van der Waals surface area contributed by atoms with Crippen molar-refractivity contribution in [3.63, 3.8) is 0 Å². The number of sulfone groups is 1. The molecule has 0 radical (unpaired) electrons. The van der Waals surface area contributed by atoms with Gasteiger partial charge in [0, 0.05) is 11.1 Å². The van der Waals surface area contributed by atoms with E-state index in [0.717, 1.165) is 11.1 Å². The van der Waals surface area contributed by atoms with Crippen LogP contribution in [0.25, 0.3) is 0 Å². The number of amides is 1. The fourth-order valence-electron chi connectivity index (χ4n) is 0.926. The molecule has 0 aliphatic heterocycles. The van der Waals surface area contributed by atoms with E-state index >= 15 is 0 Å². The molecule has 1 N–H and O–H groups in total. The molecule has 1 rings (SSSR count). The minimum Gasteiger partial charge on any atom is -0.350 e. The normalized spacial score (nSPS) is 13.5. The van der Waals surface area contributed by atoms with Crippen LogP contribution in [0.2, 0.25) is 0 Å². The smallest absolute Gasteiger partial charge is 0.238 e. The summed E-state index contributed by atoms with van der Waals surface area (Å²) in [6, 6.07) is 3.77. The molecule has 0 aliphatic carbocycles. The van der Waals surface area contributed by atoms with Gasteiger partial charge in [-0.3, -0.25) is 4.79 Å². The molecule has 1 heterocycles. The molecule has 6 heteroatoms. The largest absolute Gasteiger partial charge is 0.350 e. The zero-order chi connectivity index (χ0) is 11.5. The monoisotopic (exact) mass is 247 g/mol. The minimum atomic E-state index is -3.30. The lowest BCUT2D eigenvalue weighted by atomic mass is 10.4. The van der Waals surface area contributed by atoms with Crippen molar-refractivity contribution in [2.75, 3.05) is 6.26 Å². The van der Waals surface area contributed by atoms with Crippen molar-refractivity contribution in [1.29, 1.82) is 0 Å². The highest BCUT2D eigenvalue weighted by atomic mass is 32.2. The van der Waals surface area contributed by atoms with Crippen molar-refractivity contribution in [3.05, 3.63) is 22.4 Å². The quantitative estimate of drug-likeness (QED) is 0.856. The summed E-state index contributed by atoms with van der Waals surface area (Å²) in [6.07, 6.45) is 1.06. The van der Waals surface area contributed by atoms with E-state index in [9.17, 15) is 13.2 Å². The van der Waals surface area contributed by atoms with Gasteiger partial charge in [-0.1, -0.05) is 6.07 Å². The third kappa shape index (κ3) is 3.64. The van der Waals surface area contributed by atoms with Gasteiger partial charge >= 0.3 is 0 Å². The Labute approximate surface area is 93.2 Å². The molecule has 0 saturated heterocycles. The van der Waals surface area contributed by atoms with Gasteiger partial charge in [0.2, 0.25) is 5.91 Å². The third-order valence-corrected chi connectivity index (χ3v) is 4.40. The van der Waals surface area contributed by atoms with Gasteiger partial charge in [0.1, 0.15) is 5.25 Å². The molecule has 15 heavy (non-hydrogen) atoms. The molecule has 0 aromatic carbocycles. The number of thiophene rings is 1. The van der Waals surface area contributed by atoms with Crippen molar-refractivity contribution >= 4 is 27.1 Å². The lowest BCUT2D eigenvalue weighted by molar-refractivity contribution is -0.120. The fraction of sp³-hybridized carbons (Fsp3) is 0.444. The van der Waals surface area contributed by atoms with Crippen LogP contribution in [0.15, 0.2) is 17.5 Å². The van der Waals surface area contributed by atoms with Gasteiger partial charge in [-0.2, -0.15) is 0 Å². The van der Waals surface area contributed by atoms with Crippen LogP contribution >= 0.6 is 11.3 Å². The summed E-state index contributed by atoms with van der Waals surface area (Å²) in [6.45, 7) is 1.77. The summed E-state index contributed by atoms with van der Waals surface area (Å²) in [5.41, 5.74) is 0. The highest BCUT2D eigenvalue weighted by molar-refractivity contribution is 7.92. The Bertz CT molecular complexity index is 422. The van der Waals surface area contributed by atoms with Crippen LogP contribution in [0.4, 0.5) is 0 Å². The first-order chi connectivity index (χ1) is 6.91. The zero-order valence-electron chi connectivity index (χ0n) is 8.56. The highest BCUT2D eigenvalue weighted by Crippen LogP contribution is 2.08. The summed E-state index contributed by atoms with van der Waals surface area (Å²) in [5.74, 6) is -0.453. The summed E-state index contributed by atoms with van der Waals surface area (Å²) in [7, 11) is -3.30. The van der Waals surface area contributed by atoms with Crippen LogP contribution in [0, 0.1) is 0 Å². The number of hydrogen-bond donors (Lipinski definition) is 1. The second-order valence-corrected chi connectivity index (χ2v) is 6.67. The molecule has 0 unspecified atom stereocenters. The maximum Gasteiger partial charge on any atom is 0.238 e. The van der Waals surface area contributed by atoms with E-state index in [1.165, 1.54) is 18.3 Å². The van der Waals surface area contributed by atoms with E-state index < -0.39 is 21.0 Å². The average Bonchev–Trinajstić information content (AvgIpc) is 2.63. The van der Waals surface area contributed by atoms with Gasteiger partial charge in [0.25, 0.3) is 0 Å². The molecule has 0 bridgehead atoms.